The van der Waals surface area contributed by atoms with Gasteiger partial charge in [0.2, 0.25) is 0 Å². The Hall–Kier alpha value is -1.59. The number of nitrogens with one attached hydrogen (secondary N) is 2. The van der Waals surface area contributed by atoms with Crippen molar-refractivity contribution >= 4 is 11.7 Å². The van der Waals surface area contributed by atoms with E-state index in [1.54, 1.807) is 0 Å². The van der Waals surface area contributed by atoms with Crippen LogP contribution in [-0.2, 0) is 14.3 Å². The molecule has 10 heteroatoms. The van der Waals surface area contributed by atoms with Gasteiger partial charge in [-0.2, -0.15) is 0 Å². The van der Waals surface area contributed by atoms with E-state index in [1.807, 2.05) is 6.20 Å². The van der Waals surface area contributed by atoms with Crippen LogP contribution < -0.4 is 10.6 Å². The van der Waals surface area contributed by atoms with E-state index in [4.69, 9.17) is 4.74 Å². The number of fused-ring (bicyclic) bond motifs is 2. The average Bonchev–Trinajstić information content (AvgIpc) is 3.48. The summed E-state index contributed by atoms with van der Waals surface area (Å²) >= 11 is 0. The number of halogens is 1. The summed E-state index contributed by atoms with van der Waals surface area (Å²) in [5.74, 6) is -1.06. The summed E-state index contributed by atoms with van der Waals surface area (Å²) in [6.45, 7) is 9.60. The second kappa shape index (κ2) is 12.7. The van der Waals surface area contributed by atoms with Crippen molar-refractivity contribution in [3.05, 3.63) is 11.8 Å². The van der Waals surface area contributed by atoms with E-state index < -0.39 is 18.1 Å². The molecular weight excluding hydrogens is 511 g/mol. The predicted octanol–water partition coefficient (Wildman–Crippen LogP) is 0.999. The molecule has 0 spiro atoms. The topological polar surface area (TPSA) is 80.4 Å². The van der Waals surface area contributed by atoms with E-state index in [-0.39, 0.29) is 48.0 Å². The molecule has 4 heterocycles. The highest BCUT2D eigenvalue weighted by Gasteiger charge is 2.58. The number of likely N-dealkylation sites (tertiary alicyclic amines) is 1. The number of piperazine rings is 1. The molecule has 0 aromatic carbocycles. The lowest BCUT2D eigenvalue weighted by molar-refractivity contribution is -0.197. The van der Waals surface area contributed by atoms with Crippen LogP contribution in [0.3, 0.4) is 0 Å². The molecule has 40 heavy (non-hydrogen) atoms. The van der Waals surface area contributed by atoms with Crippen LogP contribution in [0.4, 0.5) is 4.39 Å². The summed E-state index contributed by atoms with van der Waals surface area (Å²) in [5.41, 5.74) is 0.207. The third-order valence-electron chi connectivity index (χ3n) is 10.4. The second-order valence-corrected chi connectivity index (χ2v) is 13.0. The Balaban J connectivity index is 1.13. The first kappa shape index (κ1) is 28.5. The average molecular weight is 561 g/mol. The molecule has 0 aromatic heterocycles. The van der Waals surface area contributed by atoms with Gasteiger partial charge < -0.3 is 35.0 Å². The highest BCUT2D eigenvalue weighted by atomic mass is 19.1. The maximum absolute atomic E-state index is 15.8. The van der Waals surface area contributed by atoms with Crippen LogP contribution in [0.2, 0.25) is 0 Å². The number of amides is 1. The number of Topliss-reactive ketones (excluding diaryl/α,β-unsaturated/α-hetero) is 1. The van der Waals surface area contributed by atoms with Gasteiger partial charge in [-0.3, -0.25) is 9.59 Å². The first-order valence-corrected chi connectivity index (χ1v) is 16.0. The zero-order chi connectivity index (χ0) is 27.6. The number of nitrogens with zero attached hydrogens (tertiary/aromatic N) is 4. The van der Waals surface area contributed by atoms with Crippen LogP contribution in [0.25, 0.3) is 0 Å². The number of alkyl halides is 1. The summed E-state index contributed by atoms with van der Waals surface area (Å²) in [7, 11) is 2.15. The van der Waals surface area contributed by atoms with Crippen molar-refractivity contribution in [1.29, 1.82) is 0 Å². The van der Waals surface area contributed by atoms with E-state index in [0.29, 0.717) is 6.54 Å². The lowest BCUT2D eigenvalue weighted by atomic mass is 9.69. The van der Waals surface area contributed by atoms with Crippen molar-refractivity contribution in [2.75, 3.05) is 72.5 Å². The molecule has 1 amide bonds. The van der Waals surface area contributed by atoms with E-state index in [1.165, 1.54) is 12.8 Å². The molecule has 0 bridgehead atoms. The minimum Gasteiger partial charge on any atom is -0.369 e. The largest absolute Gasteiger partial charge is 0.369 e. The smallest absolute Gasteiger partial charge is 0.256 e. The fraction of sp³-hybridized carbons (Fsp3) is 0.867. The molecule has 9 nitrogen and oxygen atoms in total. The number of hydrogen-bond donors (Lipinski definition) is 2. The van der Waals surface area contributed by atoms with Crippen molar-refractivity contribution in [3.8, 4) is 0 Å². The van der Waals surface area contributed by atoms with Gasteiger partial charge in [-0.1, -0.05) is 12.8 Å². The number of likely N-dealkylation sites (N-methyl/N-ethyl adjacent to an activating group) is 1. The highest BCUT2D eigenvalue weighted by molar-refractivity contribution is 6.20. The van der Waals surface area contributed by atoms with E-state index in [2.05, 4.69) is 37.3 Å². The van der Waals surface area contributed by atoms with Gasteiger partial charge in [0.15, 0.2) is 5.78 Å². The third kappa shape index (κ3) is 5.98. The fourth-order valence-electron chi connectivity index (χ4n) is 8.06. The number of ketones is 1. The van der Waals surface area contributed by atoms with Crippen LogP contribution in [0.1, 0.15) is 51.4 Å². The Morgan fingerprint density at radius 3 is 2.55 bits per heavy atom. The quantitative estimate of drug-likeness (QED) is 0.320. The number of ether oxygens (including phenoxy) is 1. The summed E-state index contributed by atoms with van der Waals surface area (Å²) in [6.07, 6.45) is 7.90. The zero-order valence-corrected chi connectivity index (χ0v) is 24.2. The maximum atomic E-state index is 15.8. The van der Waals surface area contributed by atoms with E-state index in [9.17, 15) is 9.59 Å². The minimum atomic E-state index is -1.18. The van der Waals surface area contributed by atoms with Crippen molar-refractivity contribution in [1.82, 2.24) is 30.2 Å². The number of rotatable bonds is 9. The Labute approximate surface area is 238 Å². The molecule has 0 radical (unpaired) electrons. The Kier molecular flexibility index (Phi) is 9.08. The Bertz CT molecular complexity index is 936. The van der Waals surface area contributed by atoms with Crippen molar-refractivity contribution in [3.63, 3.8) is 0 Å². The summed E-state index contributed by atoms with van der Waals surface area (Å²) < 4.78 is 22.5. The number of morpholine rings is 1. The first-order valence-electron chi connectivity index (χ1n) is 16.0. The van der Waals surface area contributed by atoms with Crippen molar-refractivity contribution in [2.24, 2.45) is 5.92 Å². The van der Waals surface area contributed by atoms with Gasteiger partial charge in [-0.15, -0.1) is 0 Å². The van der Waals surface area contributed by atoms with Crippen LogP contribution >= 0.6 is 0 Å². The van der Waals surface area contributed by atoms with Crippen LogP contribution in [-0.4, -0.2) is 140 Å². The molecule has 0 aromatic rings. The molecule has 2 saturated carbocycles. The number of carbonyl (C=O) groups excluding carboxylic acids is 2. The van der Waals surface area contributed by atoms with Gasteiger partial charge in [0.05, 0.1) is 35.9 Å². The monoisotopic (exact) mass is 560 g/mol. The first-order chi connectivity index (χ1) is 19.5. The number of hydrogen-bond acceptors (Lipinski definition) is 8. The molecule has 4 aliphatic heterocycles. The van der Waals surface area contributed by atoms with Crippen LogP contribution in [0.15, 0.2) is 11.8 Å². The van der Waals surface area contributed by atoms with E-state index >= 15 is 4.39 Å². The molecule has 6 aliphatic rings. The summed E-state index contributed by atoms with van der Waals surface area (Å²) in [6, 6.07) is -0.496. The molecule has 6 rings (SSSR count). The maximum Gasteiger partial charge on any atom is 0.256 e. The standard InChI is InChI=1S/C30H49FN6O3/c1-34-15-17-36(18-16-34)13-6-9-33-30(39)22-20-37-24-7-2-3-8-25(24)40-29-26(32-10-14-35-11-4-5-12-35)23(31)19-21(27(29)37)28(22)38/h20-21,23-27,29,32H,2-19H2,1H3,(H,33,39). The molecule has 3 saturated heterocycles. The molecule has 2 N–H and O–H groups in total. The Morgan fingerprint density at radius 2 is 1.75 bits per heavy atom. The lowest BCUT2D eigenvalue weighted by Gasteiger charge is -2.59. The van der Waals surface area contributed by atoms with Gasteiger partial charge in [0, 0.05) is 57.9 Å². The highest BCUT2D eigenvalue weighted by Crippen LogP contribution is 2.45. The van der Waals surface area contributed by atoms with Crippen molar-refractivity contribution in [2.45, 2.75) is 87.9 Å². The van der Waals surface area contributed by atoms with Crippen LogP contribution in [0, 0.1) is 5.92 Å². The normalized spacial score (nSPS) is 37.1. The van der Waals surface area contributed by atoms with Gasteiger partial charge in [-0.05, 0) is 65.2 Å². The Morgan fingerprint density at radius 1 is 1.00 bits per heavy atom. The summed E-state index contributed by atoms with van der Waals surface area (Å²) in [5, 5.41) is 6.52. The minimum absolute atomic E-state index is 0.0150. The molecule has 7 unspecified atom stereocenters. The molecular formula is C30H49FN6O3. The molecule has 5 fully saturated rings. The predicted molar refractivity (Wildman–Crippen MR) is 152 cm³/mol. The summed E-state index contributed by atoms with van der Waals surface area (Å²) in [4.78, 5) is 36.5. The van der Waals surface area contributed by atoms with Crippen molar-refractivity contribution < 1.29 is 18.7 Å². The van der Waals surface area contributed by atoms with Gasteiger partial charge in [0.25, 0.3) is 5.91 Å². The zero-order valence-electron chi connectivity index (χ0n) is 24.2. The van der Waals surface area contributed by atoms with Crippen LogP contribution in [0.5, 0.6) is 0 Å². The lowest BCUT2D eigenvalue weighted by Crippen LogP contribution is -2.73. The van der Waals surface area contributed by atoms with Gasteiger partial charge >= 0.3 is 0 Å². The third-order valence-corrected chi connectivity index (χ3v) is 10.4. The SMILES string of the molecule is CN1CCN(CCCNC(=O)C2=CN3C4CCCCC4OC4C(NCCN5CCCC5)C(F)CC(C2=O)C43)CC1. The van der Waals surface area contributed by atoms with E-state index in [0.717, 1.165) is 91.0 Å². The second-order valence-electron chi connectivity index (χ2n) is 13.0. The number of carbonyl (C=O) groups is 2. The van der Waals surface area contributed by atoms with Gasteiger partial charge in [-0.25, -0.2) is 4.39 Å². The molecule has 2 aliphatic carbocycles. The molecule has 224 valence electrons. The molecule has 7 atom stereocenters. The fourth-order valence-corrected chi connectivity index (χ4v) is 8.06. The van der Waals surface area contributed by atoms with Gasteiger partial charge in [0.1, 0.15) is 6.17 Å².